The van der Waals surface area contributed by atoms with Gasteiger partial charge in [-0.05, 0) is 77.4 Å². The molecular weight excluding hydrogens is 512 g/mol. The number of nitrogens with zero attached hydrogens (tertiary/aromatic N) is 4. The van der Waals surface area contributed by atoms with Crippen molar-refractivity contribution in [2.45, 2.75) is 12.0 Å². The van der Waals surface area contributed by atoms with Gasteiger partial charge in [-0.2, -0.15) is 10.5 Å². The third kappa shape index (κ3) is 3.60. The van der Waals surface area contributed by atoms with Crippen LogP contribution in [0.3, 0.4) is 0 Å². The smallest absolute Gasteiger partial charge is 0.0992 e. The van der Waals surface area contributed by atoms with Crippen LogP contribution in [0.25, 0.3) is 38.6 Å². The van der Waals surface area contributed by atoms with Gasteiger partial charge >= 0.3 is 0 Å². The van der Waals surface area contributed by atoms with Crippen molar-refractivity contribution in [2.75, 3.05) is 4.90 Å². The van der Waals surface area contributed by atoms with Crippen molar-refractivity contribution in [1.82, 2.24) is 4.57 Å². The summed E-state index contributed by atoms with van der Waals surface area (Å²) < 4.78 is 2.19. The van der Waals surface area contributed by atoms with Crippen molar-refractivity contribution in [3.05, 3.63) is 150 Å². The third-order valence-electron chi connectivity index (χ3n) is 8.52. The van der Waals surface area contributed by atoms with E-state index >= 15 is 0 Å². The van der Waals surface area contributed by atoms with Crippen molar-refractivity contribution < 1.29 is 0 Å². The summed E-state index contributed by atoms with van der Waals surface area (Å²) in [6.07, 6.45) is 8.85. The highest BCUT2D eigenvalue weighted by atomic mass is 15.2. The average Bonchev–Trinajstić information content (AvgIpc) is 3.57. The lowest BCUT2D eigenvalue weighted by Crippen LogP contribution is -2.28. The molecule has 1 aliphatic heterocycles. The van der Waals surface area contributed by atoms with E-state index in [2.05, 4.69) is 113 Å². The molecule has 8 rings (SSSR count). The maximum absolute atomic E-state index is 10.1. The fourth-order valence-electron chi connectivity index (χ4n) is 6.72. The molecule has 6 aromatic rings. The molecular formula is C38H24N4. The van der Waals surface area contributed by atoms with Gasteiger partial charge in [-0.25, -0.2) is 0 Å². The van der Waals surface area contributed by atoms with Crippen molar-refractivity contribution in [2.24, 2.45) is 0 Å². The first-order valence-corrected chi connectivity index (χ1v) is 14.1. The average molecular weight is 537 g/mol. The Bertz CT molecular complexity index is 2200. The lowest BCUT2D eigenvalue weighted by Gasteiger charge is -2.29. The van der Waals surface area contributed by atoms with Gasteiger partial charge in [-0.3, -0.25) is 0 Å². The molecule has 42 heavy (non-hydrogen) atoms. The number of aromatic nitrogens is 1. The molecule has 2 unspecified atom stereocenters. The maximum atomic E-state index is 10.1. The Balaban J connectivity index is 1.29. The lowest BCUT2D eigenvalue weighted by molar-refractivity contribution is 0.745. The number of anilines is 2. The van der Waals surface area contributed by atoms with Crippen LogP contribution in [-0.4, -0.2) is 10.6 Å². The molecule has 4 nitrogen and oxygen atoms in total. The normalized spacial score (nSPS) is 16.8. The van der Waals surface area contributed by atoms with Gasteiger partial charge in [0.25, 0.3) is 0 Å². The molecule has 0 bridgehead atoms. The molecule has 0 saturated carbocycles. The van der Waals surface area contributed by atoms with Crippen LogP contribution in [0.2, 0.25) is 0 Å². The van der Waals surface area contributed by atoms with Gasteiger partial charge in [0.2, 0.25) is 0 Å². The Morgan fingerprint density at radius 2 is 1.36 bits per heavy atom. The van der Waals surface area contributed by atoms with Crippen LogP contribution in [0, 0.1) is 22.7 Å². The van der Waals surface area contributed by atoms with Gasteiger partial charge in [0, 0.05) is 33.8 Å². The molecule has 4 heteroatoms. The third-order valence-corrected chi connectivity index (χ3v) is 8.52. The van der Waals surface area contributed by atoms with Crippen LogP contribution in [0.4, 0.5) is 11.4 Å². The first-order valence-electron chi connectivity index (χ1n) is 14.1. The van der Waals surface area contributed by atoms with E-state index in [0.717, 1.165) is 44.3 Å². The van der Waals surface area contributed by atoms with Gasteiger partial charge in [0.15, 0.2) is 0 Å². The zero-order chi connectivity index (χ0) is 28.2. The number of nitriles is 2. The Morgan fingerprint density at radius 1 is 0.571 bits per heavy atom. The molecule has 0 amide bonds. The fraction of sp³-hybridized carbons (Fsp3) is 0.0526. The van der Waals surface area contributed by atoms with E-state index in [9.17, 15) is 10.5 Å². The molecule has 1 aliphatic carbocycles. The van der Waals surface area contributed by atoms with Crippen molar-refractivity contribution in [3.8, 4) is 29.0 Å². The molecule has 2 heterocycles. The van der Waals surface area contributed by atoms with E-state index in [4.69, 9.17) is 0 Å². The monoisotopic (exact) mass is 536 g/mol. The predicted molar refractivity (Wildman–Crippen MR) is 169 cm³/mol. The van der Waals surface area contributed by atoms with Gasteiger partial charge in [-0.1, -0.05) is 72.8 Å². The fourth-order valence-corrected chi connectivity index (χ4v) is 6.72. The summed E-state index contributed by atoms with van der Waals surface area (Å²) in [6, 6.07) is 42.3. The summed E-state index contributed by atoms with van der Waals surface area (Å²) in [5.41, 5.74) is 9.90. The Kier molecular flexibility index (Phi) is 5.36. The van der Waals surface area contributed by atoms with Gasteiger partial charge in [0.05, 0.1) is 40.3 Å². The summed E-state index contributed by atoms with van der Waals surface area (Å²) >= 11 is 0. The highest BCUT2D eigenvalue weighted by Crippen LogP contribution is 2.48. The Hall–Kier alpha value is -5.84. The minimum atomic E-state index is 0.222. The molecule has 0 radical (unpaired) electrons. The van der Waals surface area contributed by atoms with Crippen LogP contribution in [0.5, 0.6) is 0 Å². The van der Waals surface area contributed by atoms with E-state index < -0.39 is 0 Å². The van der Waals surface area contributed by atoms with Gasteiger partial charge in [0.1, 0.15) is 0 Å². The Morgan fingerprint density at radius 3 is 2.26 bits per heavy atom. The van der Waals surface area contributed by atoms with Crippen LogP contribution in [0.15, 0.2) is 133 Å². The molecule has 2 atom stereocenters. The number of hydrogen-bond acceptors (Lipinski definition) is 3. The number of benzene rings is 5. The molecule has 1 aromatic heterocycles. The first-order chi connectivity index (χ1) is 20.7. The summed E-state index contributed by atoms with van der Waals surface area (Å²) in [5, 5.41) is 21.7. The number of para-hydroxylation sites is 2. The maximum Gasteiger partial charge on any atom is 0.0992 e. The summed E-state index contributed by atoms with van der Waals surface area (Å²) in [6.45, 7) is 0. The topological polar surface area (TPSA) is 55.8 Å². The van der Waals surface area contributed by atoms with E-state index in [1.165, 1.54) is 11.3 Å². The molecule has 0 saturated heterocycles. The first kappa shape index (κ1) is 24.0. The number of rotatable bonds is 3. The number of hydrogen-bond donors (Lipinski definition) is 0. The summed E-state index contributed by atoms with van der Waals surface area (Å²) in [4.78, 5) is 2.43. The molecule has 196 valence electrons. The van der Waals surface area contributed by atoms with Gasteiger partial charge < -0.3 is 9.47 Å². The van der Waals surface area contributed by atoms with Crippen LogP contribution in [0.1, 0.15) is 22.6 Å². The number of fused-ring (bicyclic) bond motifs is 6. The second-order valence-corrected chi connectivity index (χ2v) is 10.8. The summed E-state index contributed by atoms with van der Waals surface area (Å²) in [5.74, 6) is 0.320. The zero-order valence-corrected chi connectivity index (χ0v) is 22.6. The van der Waals surface area contributed by atoms with Crippen LogP contribution < -0.4 is 4.90 Å². The molecule has 0 fully saturated rings. The zero-order valence-electron chi connectivity index (χ0n) is 22.6. The van der Waals surface area contributed by atoms with Crippen LogP contribution in [-0.2, 0) is 0 Å². The molecule has 2 aliphatic rings. The van der Waals surface area contributed by atoms with Crippen molar-refractivity contribution >= 4 is 33.2 Å². The molecule has 5 aromatic carbocycles. The quantitative estimate of drug-likeness (QED) is 0.227. The summed E-state index contributed by atoms with van der Waals surface area (Å²) in [7, 11) is 0. The second-order valence-electron chi connectivity index (χ2n) is 10.8. The van der Waals surface area contributed by atoms with E-state index in [1.54, 1.807) is 0 Å². The van der Waals surface area contributed by atoms with Gasteiger partial charge in [-0.15, -0.1) is 0 Å². The molecule has 0 spiro atoms. The van der Waals surface area contributed by atoms with E-state index in [-0.39, 0.29) is 6.04 Å². The van der Waals surface area contributed by atoms with E-state index in [1.807, 2.05) is 42.5 Å². The highest BCUT2D eigenvalue weighted by molar-refractivity contribution is 6.09. The largest absolute Gasteiger partial charge is 0.333 e. The SMILES string of the molecule is N#Cc1cc(-c2cccc(N3c4ccccc4C4C=CC=CC43)c2)cc(-n2c3ccccc3c3cc(C#N)ccc32)c1. The van der Waals surface area contributed by atoms with E-state index in [0.29, 0.717) is 17.0 Å². The lowest BCUT2D eigenvalue weighted by atomic mass is 9.91. The minimum Gasteiger partial charge on any atom is -0.333 e. The predicted octanol–water partition coefficient (Wildman–Crippen LogP) is 8.92. The van der Waals surface area contributed by atoms with Crippen LogP contribution >= 0.6 is 0 Å². The molecule has 0 N–H and O–H groups in total. The van der Waals surface area contributed by atoms with Crippen molar-refractivity contribution in [1.29, 1.82) is 10.5 Å². The highest BCUT2D eigenvalue weighted by Gasteiger charge is 2.37. The second kappa shape index (κ2) is 9.37. The van der Waals surface area contributed by atoms with Crippen molar-refractivity contribution in [3.63, 3.8) is 0 Å². The standard InChI is InChI=1S/C38H24N4/c39-23-25-16-17-38-34(20-25)33-12-3-6-15-37(33)42(38)30-19-26(24-40)18-28(22-30)27-8-7-9-29(21-27)41-35-13-4-1-10-31(35)32-11-2-5-14-36(32)41/h1-22,31,35H. The number of allylic oxidation sites excluding steroid dienone is 2. The Labute approximate surface area is 243 Å². The minimum absolute atomic E-state index is 0.222.